The highest BCUT2D eigenvalue weighted by Gasteiger charge is 2.20. The molecule has 1 aromatic heterocycles. The van der Waals surface area contributed by atoms with E-state index in [4.69, 9.17) is 4.74 Å². The standard InChI is InChI=1S/C15H24BrN3O2/c1-11(2)10-21-7-6-17-14-13(16)8-18-19(15(14)20)9-12-4-3-5-12/h8,11-12,17H,3-7,9-10H2,1-2H3. The Morgan fingerprint density at radius 1 is 1.52 bits per heavy atom. The van der Waals surface area contributed by atoms with Crippen molar-refractivity contribution in [1.82, 2.24) is 9.78 Å². The summed E-state index contributed by atoms with van der Waals surface area (Å²) in [5.41, 5.74) is 0.526. The van der Waals surface area contributed by atoms with Gasteiger partial charge >= 0.3 is 0 Å². The van der Waals surface area contributed by atoms with Crippen LogP contribution in [0.1, 0.15) is 33.1 Å². The van der Waals surface area contributed by atoms with Crippen LogP contribution in [0.4, 0.5) is 5.69 Å². The average Bonchev–Trinajstić information content (AvgIpc) is 2.38. The molecule has 1 heterocycles. The number of ether oxygens (including phenoxy) is 1. The molecule has 0 radical (unpaired) electrons. The van der Waals surface area contributed by atoms with Crippen molar-refractivity contribution < 1.29 is 4.74 Å². The third-order valence-corrected chi connectivity index (χ3v) is 4.25. The van der Waals surface area contributed by atoms with Crippen LogP contribution < -0.4 is 10.9 Å². The second-order valence-electron chi connectivity index (χ2n) is 6.05. The smallest absolute Gasteiger partial charge is 0.291 e. The van der Waals surface area contributed by atoms with Gasteiger partial charge in [0.05, 0.1) is 17.3 Å². The van der Waals surface area contributed by atoms with E-state index in [2.05, 4.69) is 40.2 Å². The lowest BCUT2D eigenvalue weighted by Gasteiger charge is -2.25. The molecule has 1 aromatic rings. The Balaban J connectivity index is 1.91. The van der Waals surface area contributed by atoms with Crippen LogP contribution in [0.15, 0.2) is 15.5 Å². The SMILES string of the molecule is CC(C)COCCNc1c(Br)cnn(CC2CCC2)c1=O. The molecule has 0 amide bonds. The van der Waals surface area contributed by atoms with E-state index in [-0.39, 0.29) is 5.56 Å². The molecule has 0 aromatic carbocycles. The molecule has 21 heavy (non-hydrogen) atoms. The van der Waals surface area contributed by atoms with E-state index in [1.54, 1.807) is 10.9 Å². The minimum Gasteiger partial charge on any atom is -0.379 e. The Labute approximate surface area is 134 Å². The zero-order chi connectivity index (χ0) is 15.2. The summed E-state index contributed by atoms with van der Waals surface area (Å²) in [5, 5.41) is 7.37. The van der Waals surface area contributed by atoms with Crippen LogP contribution in [-0.2, 0) is 11.3 Å². The van der Waals surface area contributed by atoms with Crippen LogP contribution in [0.3, 0.4) is 0 Å². The summed E-state index contributed by atoms with van der Waals surface area (Å²) in [6.45, 7) is 6.91. The average molecular weight is 358 g/mol. The number of nitrogens with zero attached hydrogens (tertiary/aromatic N) is 2. The zero-order valence-corrected chi connectivity index (χ0v) is 14.4. The Morgan fingerprint density at radius 2 is 2.29 bits per heavy atom. The molecule has 0 unspecified atom stereocenters. The van der Waals surface area contributed by atoms with Gasteiger partial charge in [-0.15, -0.1) is 0 Å². The van der Waals surface area contributed by atoms with Gasteiger partial charge in [-0.05, 0) is 40.6 Å². The van der Waals surface area contributed by atoms with E-state index in [1.165, 1.54) is 19.3 Å². The number of halogens is 1. The molecule has 1 saturated carbocycles. The summed E-state index contributed by atoms with van der Waals surface area (Å²) in [5.74, 6) is 1.14. The van der Waals surface area contributed by atoms with Crippen LogP contribution in [0.5, 0.6) is 0 Å². The minimum atomic E-state index is -0.0554. The number of aromatic nitrogens is 2. The van der Waals surface area contributed by atoms with Crippen molar-refractivity contribution in [2.24, 2.45) is 11.8 Å². The lowest BCUT2D eigenvalue weighted by atomic mass is 9.85. The summed E-state index contributed by atoms with van der Waals surface area (Å²) in [7, 11) is 0. The second kappa shape index (κ2) is 7.94. The first-order chi connectivity index (χ1) is 10.1. The number of hydrogen-bond donors (Lipinski definition) is 1. The molecule has 1 N–H and O–H groups in total. The van der Waals surface area contributed by atoms with Crippen LogP contribution in [0.2, 0.25) is 0 Å². The summed E-state index contributed by atoms with van der Waals surface area (Å²) in [4.78, 5) is 12.4. The van der Waals surface area contributed by atoms with Gasteiger partial charge in [0.2, 0.25) is 0 Å². The number of hydrogen-bond acceptors (Lipinski definition) is 4. The fraction of sp³-hybridized carbons (Fsp3) is 0.733. The Kier molecular flexibility index (Phi) is 6.23. The molecule has 1 fully saturated rings. The first-order valence-electron chi connectivity index (χ1n) is 7.65. The molecule has 5 nitrogen and oxygen atoms in total. The van der Waals surface area contributed by atoms with E-state index in [9.17, 15) is 4.79 Å². The summed E-state index contributed by atoms with van der Waals surface area (Å²) in [6.07, 6.45) is 5.37. The lowest BCUT2D eigenvalue weighted by Crippen LogP contribution is -2.31. The Bertz CT molecular complexity index is 512. The predicted molar refractivity (Wildman–Crippen MR) is 87.7 cm³/mol. The fourth-order valence-corrected chi connectivity index (χ4v) is 2.65. The van der Waals surface area contributed by atoms with Crippen LogP contribution in [0.25, 0.3) is 0 Å². The number of rotatable bonds is 8. The molecule has 1 aliphatic rings. The van der Waals surface area contributed by atoms with Crippen LogP contribution in [-0.4, -0.2) is 29.5 Å². The van der Waals surface area contributed by atoms with Crippen molar-refractivity contribution in [3.8, 4) is 0 Å². The maximum Gasteiger partial charge on any atom is 0.291 e. The highest BCUT2D eigenvalue weighted by molar-refractivity contribution is 9.10. The van der Waals surface area contributed by atoms with Gasteiger partial charge < -0.3 is 10.1 Å². The van der Waals surface area contributed by atoms with Crippen LogP contribution >= 0.6 is 15.9 Å². The first kappa shape index (κ1) is 16.5. The first-order valence-corrected chi connectivity index (χ1v) is 8.44. The maximum absolute atomic E-state index is 12.4. The normalized spacial score (nSPS) is 15.2. The Hall–Kier alpha value is -0.880. The van der Waals surface area contributed by atoms with Crippen LogP contribution in [0, 0.1) is 11.8 Å². The van der Waals surface area contributed by atoms with Crippen molar-refractivity contribution in [3.05, 3.63) is 21.0 Å². The molecule has 0 atom stereocenters. The quantitative estimate of drug-likeness (QED) is 0.726. The van der Waals surface area contributed by atoms with Gasteiger partial charge in [0.1, 0.15) is 5.69 Å². The maximum atomic E-state index is 12.4. The van der Waals surface area contributed by atoms with Gasteiger partial charge in [-0.3, -0.25) is 4.79 Å². The highest BCUT2D eigenvalue weighted by atomic mass is 79.9. The van der Waals surface area contributed by atoms with Crippen molar-refractivity contribution in [2.75, 3.05) is 25.1 Å². The molecular weight excluding hydrogens is 334 g/mol. The molecule has 2 rings (SSSR count). The third kappa shape index (κ3) is 4.81. The van der Waals surface area contributed by atoms with E-state index < -0.39 is 0 Å². The van der Waals surface area contributed by atoms with E-state index in [0.717, 1.165) is 13.2 Å². The molecule has 0 spiro atoms. The van der Waals surface area contributed by atoms with Crippen molar-refractivity contribution in [3.63, 3.8) is 0 Å². The largest absolute Gasteiger partial charge is 0.379 e. The minimum absolute atomic E-state index is 0.0554. The zero-order valence-electron chi connectivity index (χ0n) is 12.8. The molecule has 0 saturated heterocycles. The number of nitrogens with one attached hydrogen (secondary N) is 1. The second-order valence-corrected chi connectivity index (χ2v) is 6.90. The molecular formula is C15H24BrN3O2. The van der Waals surface area contributed by atoms with Gasteiger partial charge in [0.25, 0.3) is 5.56 Å². The summed E-state index contributed by atoms with van der Waals surface area (Å²) in [6, 6.07) is 0. The molecule has 6 heteroatoms. The molecule has 1 aliphatic carbocycles. The number of anilines is 1. The molecule has 0 bridgehead atoms. The van der Waals surface area contributed by atoms with E-state index >= 15 is 0 Å². The Morgan fingerprint density at radius 3 is 2.90 bits per heavy atom. The van der Waals surface area contributed by atoms with Gasteiger partial charge in [-0.1, -0.05) is 20.3 Å². The highest BCUT2D eigenvalue weighted by Crippen LogP contribution is 2.27. The molecule has 118 valence electrons. The van der Waals surface area contributed by atoms with Crippen molar-refractivity contribution in [2.45, 2.75) is 39.7 Å². The third-order valence-electron chi connectivity index (χ3n) is 3.65. The predicted octanol–water partition coefficient (Wildman–Crippen LogP) is 2.89. The fourth-order valence-electron chi connectivity index (χ4n) is 2.25. The van der Waals surface area contributed by atoms with E-state index in [1.807, 2.05) is 0 Å². The van der Waals surface area contributed by atoms with E-state index in [0.29, 0.717) is 35.1 Å². The molecule has 0 aliphatic heterocycles. The van der Waals surface area contributed by atoms with Crippen molar-refractivity contribution >= 4 is 21.6 Å². The van der Waals surface area contributed by atoms with Crippen molar-refractivity contribution in [1.29, 1.82) is 0 Å². The lowest BCUT2D eigenvalue weighted by molar-refractivity contribution is 0.118. The summed E-state index contributed by atoms with van der Waals surface area (Å²) < 4.78 is 7.80. The van der Waals surface area contributed by atoms with Gasteiger partial charge in [-0.25, -0.2) is 4.68 Å². The topological polar surface area (TPSA) is 56.1 Å². The van der Waals surface area contributed by atoms with Gasteiger partial charge in [-0.2, -0.15) is 5.10 Å². The van der Waals surface area contributed by atoms with Gasteiger partial charge in [0.15, 0.2) is 0 Å². The summed E-state index contributed by atoms with van der Waals surface area (Å²) >= 11 is 3.39. The van der Waals surface area contributed by atoms with Gasteiger partial charge in [0, 0.05) is 19.7 Å². The monoisotopic (exact) mass is 357 g/mol.